The molecule has 0 aromatic heterocycles. The molecule has 0 unspecified atom stereocenters. The number of fused-ring (bicyclic) bond motifs is 1. The molecule has 41 heavy (non-hydrogen) atoms. The maximum Gasteiger partial charge on any atom is 0.511 e. The maximum absolute atomic E-state index is 14.9. The number of benzene rings is 1. The summed E-state index contributed by atoms with van der Waals surface area (Å²) in [5.74, 6) is -4.56. The third-order valence-corrected chi connectivity index (χ3v) is 10.1. The van der Waals surface area contributed by atoms with Crippen molar-refractivity contribution in [3.63, 3.8) is 0 Å². The van der Waals surface area contributed by atoms with Crippen molar-refractivity contribution in [1.29, 1.82) is 0 Å². The topological polar surface area (TPSA) is 180 Å². The normalized spacial score (nSPS) is 35.3. The Morgan fingerprint density at radius 2 is 1.78 bits per heavy atom. The summed E-state index contributed by atoms with van der Waals surface area (Å²) in [4.78, 5) is 38.0. The lowest BCUT2D eigenvalue weighted by Gasteiger charge is -2.36. The molecule has 11 nitrogen and oxygen atoms in total. The Bertz CT molecular complexity index is 1330. The molecule has 1 aromatic carbocycles. The second-order valence-corrected chi connectivity index (χ2v) is 13.6. The van der Waals surface area contributed by atoms with Gasteiger partial charge in [0.2, 0.25) is 6.29 Å². The quantitative estimate of drug-likeness (QED) is 0.225. The Hall–Kier alpha value is -2.77. The van der Waals surface area contributed by atoms with Crippen molar-refractivity contribution in [3.05, 3.63) is 29.3 Å². The molecule has 3 fully saturated rings. The number of esters is 1. The Kier molecular flexibility index (Phi) is 8.22. The van der Waals surface area contributed by atoms with Crippen molar-refractivity contribution in [2.45, 2.75) is 94.7 Å². The van der Waals surface area contributed by atoms with E-state index in [1.54, 1.807) is 6.92 Å². The molecule has 0 aliphatic heterocycles. The van der Waals surface area contributed by atoms with E-state index in [1.165, 1.54) is 19.1 Å². The minimum Gasteiger partial charge on any atom is -0.480 e. The fourth-order valence-corrected chi connectivity index (χ4v) is 7.87. The molecule has 0 saturated heterocycles. The predicted molar refractivity (Wildman–Crippen MR) is 142 cm³/mol. The summed E-state index contributed by atoms with van der Waals surface area (Å²) >= 11 is 0. The minimum atomic E-state index is -4.90. The van der Waals surface area contributed by atoms with Gasteiger partial charge >= 0.3 is 18.1 Å². The molecule has 4 N–H and O–H groups in total. The van der Waals surface area contributed by atoms with E-state index in [1.807, 2.05) is 13.8 Å². The fourth-order valence-electron chi connectivity index (χ4n) is 7.13. The van der Waals surface area contributed by atoms with Gasteiger partial charge < -0.3 is 25.1 Å². The number of alkyl halides is 1. The molecule has 0 bridgehead atoms. The highest BCUT2D eigenvalue weighted by Gasteiger charge is 2.84. The largest absolute Gasteiger partial charge is 0.511 e. The number of carboxylic acid groups (broad SMARTS) is 1. The van der Waals surface area contributed by atoms with Crippen LogP contribution in [0.3, 0.4) is 0 Å². The van der Waals surface area contributed by atoms with E-state index in [-0.39, 0.29) is 23.5 Å². The van der Waals surface area contributed by atoms with Crippen LogP contribution in [0.2, 0.25) is 0 Å². The van der Waals surface area contributed by atoms with Crippen LogP contribution in [0.25, 0.3) is 0 Å². The zero-order valence-electron chi connectivity index (χ0n) is 23.7. The van der Waals surface area contributed by atoms with Gasteiger partial charge in [-0.15, -0.1) is 0 Å². The van der Waals surface area contributed by atoms with Gasteiger partial charge in [-0.1, -0.05) is 44.9 Å². The van der Waals surface area contributed by atoms with Crippen LogP contribution in [0.15, 0.2) is 23.1 Å². The highest BCUT2D eigenvalue weighted by Crippen LogP contribution is 2.72. The van der Waals surface area contributed by atoms with Gasteiger partial charge in [-0.05, 0) is 61.5 Å². The van der Waals surface area contributed by atoms with Crippen LogP contribution in [0, 0.1) is 36.5 Å². The van der Waals surface area contributed by atoms with Crippen LogP contribution < -0.4 is 5.73 Å². The standard InChI is InChI=1S/C28H38FNO10S/c1-13(2)17-8-6-15(4)11-20(17)40-26(34)39-16(5)38-25(33)27(18-10-14(3)7-9-21(18)41(35,36)37)19-12-22(29)28(30,23(19)27)24(31)32/h7,9-10,13,15-17,19-20,22-23H,6,8,11-12,30H2,1-5H3,(H,31,32)(H,35,36,37)/t15-,16+,17+,19-,20-,22+,23+,27+,28+/m1/s1. The second kappa shape index (κ2) is 10.8. The number of carbonyl (C=O) groups excluding carboxylic acids is 2. The molecule has 1 aromatic rings. The SMILES string of the molecule is Cc1ccc(S(=O)(=O)O)c([C@]2(C(=O)O[C@H](C)OC(=O)O[C@@H]3C[C@H](C)CC[C@H]3C(C)C)[C@@H]3C[C@H](F)[C@@](N)(C(=O)O)[C@@H]32)c1. The smallest absolute Gasteiger partial charge is 0.480 e. The summed E-state index contributed by atoms with van der Waals surface area (Å²) in [7, 11) is -4.90. The van der Waals surface area contributed by atoms with Crippen LogP contribution in [0.1, 0.15) is 64.5 Å². The molecule has 4 rings (SSSR count). The maximum atomic E-state index is 14.9. The summed E-state index contributed by atoms with van der Waals surface area (Å²) < 4.78 is 65.7. The number of hydrogen-bond donors (Lipinski definition) is 3. The van der Waals surface area contributed by atoms with E-state index in [4.69, 9.17) is 19.9 Å². The number of halogens is 1. The number of aliphatic carboxylic acids is 1. The number of carboxylic acids is 1. The van der Waals surface area contributed by atoms with E-state index in [2.05, 4.69) is 6.92 Å². The summed E-state index contributed by atoms with van der Waals surface area (Å²) in [6.45, 7) is 9.00. The van der Waals surface area contributed by atoms with Crippen LogP contribution in [-0.4, -0.2) is 60.3 Å². The van der Waals surface area contributed by atoms with E-state index in [0.29, 0.717) is 17.9 Å². The van der Waals surface area contributed by atoms with Gasteiger partial charge in [-0.2, -0.15) is 8.42 Å². The van der Waals surface area contributed by atoms with Crippen LogP contribution in [0.5, 0.6) is 0 Å². The van der Waals surface area contributed by atoms with E-state index in [0.717, 1.165) is 18.9 Å². The van der Waals surface area contributed by atoms with Gasteiger partial charge in [0.1, 0.15) is 17.7 Å². The van der Waals surface area contributed by atoms with Crippen LogP contribution in [0.4, 0.5) is 9.18 Å². The monoisotopic (exact) mass is 599 g/mol. The average molecular weight is 600 g/mol. The van der Waals surface area contributed by atoms with Gasteiger partial charge in [0, 0.05) is 12.8 Å². The van der Waals surface area contributed by atoms with Gasteiger partial charge in [0.15, 0.2) is 5.54 Å². The Morgan fingerprint density at radius 1 is 1.12 bits per heavy atom. The molecular formula is C28H38FNO10S. The number of hydrogen-bond acceptors (Lipinski definition) is 9. The Balaban J connectivity index is 1.62. The molecule has 0 spiro atoms. The number of nitrogens with two attached hydrogens (primary N) is 1. The van der Waals surface area contributed by atoms with E-state index < -0.39 is 74.8 Å². The third kappa shape index (κ3) is 5.32. The van der Waals surface area contributed by atoms with E-state index >= 15 is 0 Å². The summed E-state index contributed by atoms with van der Waals surface area (Å²) in [5.41, 5.74) is 1.70. The highest BCUT2D eigenvalue weighted by molar-refractivity contribution is 7.85. The first-order valence-corrected chi connectivity index (χ1v) is 15.2. The predicted octanol–water partition coefficient (Wildman–Crippen LogP) is 3.75. The molecule has 13 heteroatoms. The first-order valence-electron chi connectivity index (χ1n) is 13.8. The average Bonchev–Trinajstić information content (AvgIpc) is 3.42. The lowest BCUT2D eigenvalue weighted by Crippen LogP contribution is -2.58. The van der Waals surface area contributed by atoms with Crippen molar-refractivity contribution in [1.82, 2.24) is 0 Å². The van der Waals surface area contributed by atoms with Gasteiger partial charge in [0.25, 0.3) is 10.1 Å². The molecule has 0 heterocycles. The molecule has 0 amide bonds. The number of rotatable bonds is 8. The Labute approximate surface area is 238 Å². The van der Waals surface area contributed by atoms with Gasteiger partial charge in [-0.25, -0.2) is 9.18 Å². The number of aryl methyl sites for hydroxylation is 1. The number of carbonyl (C=O) groups is 3. The number of ether oxygens (including phenoxy) is 3. The molecule has 3 aliphatic carbocycles. The second-order valence-electron chi connectivity index (χ2n) is 12.2. The lowest BCUT2D eigenvalue weighted by molar-refractivity contribution is -0.175. The van der Waals surface area contributed by atoms with Crippen LogP contribution in [-0.2, 0) is 39.3 Å². The zero-order chi connectivity index (χ0) is 30.7. The van der Waals surface area contributed by atoms with Gasteiger partial charge in [0.05, 0.1) is 4.90 Å². The summed E-state index contributed by atoms with van der Waals surface area (Å²) in [6.07, 6.45) is -2.90. The third-order valence-electron chi connectivity index (χ3n) is 9.17. The summed E-state index contributed by atoms with van der Waals surface area (Å²) in [6, 6.07) is 3.75. The molecule has 3 aliphatic rings. The molecule has 9 atom stereocenters. The van der Waals surface area contributed by atoms with Crippen molar-refractivity contribution in [2.24, 2.45) is 35.3 Å². The Morgan fingerprint density at radius 3 is 2.37 bits per heavy atom. The van der Waals surface area contributed by atoms with Crippen LogP contribution >= 0.6 is 0 Å². The van der Waals surface area contributed by atoms with Gasteiger partial charge in [-0.3, -0.25) is 14.1 Å². The molecule has 3 saturated carbocycles. The van der Waals surface area contributed by atoms with Crippen molar-refractivity contribution in [2.75, 3.05) is 0 Å². The summed E-state index contributed by atoms with van der Waals surface area (Å²) in [5, 5.41) is 9.85. The van der Waals surface area contributed by atoms with Crippen molar-refractivity contribution >= 4 is 28.2 Å². The fraction of sp³-hybridized carbons (Fsp3) is 0.679. The first kappa shape index (κ1) is 31.2. The molecule has 228 valence electrons. The van der Waals surface area contributed by atoms with E-state index in [9.17, 15) is 36.9 Å². The zero-order valence-corrected chi connectivity index (χ0v) is 24.5. The molecular weight excluding hydrogens is 561 g/mol. The highest BCUT2D eigenvalue weighted by atomic mass is 32.2. The molecule has 0 radical (unpaired) electrons. The first-order chi connectivity index (χ1) is 18.9. The minimum absolute atomic E-state index is 0.133. The van der Waals surface area contributed by atoms with Crippen molar-refractivity contribution in [3.8, 4) is 0 Å². The lowest BCUT2D eigenvalue weighted by atomic mass is 9.75. The van der Waals surface area contributed by atoms with Crippen molar-refractivity contribution < 1.29 is 51.1 Å².